The molecule has 1 aliphatic carbocycles. The molecule has 3 aliphatic rings. The van der Waals surface area contributed by atoms with E-state index in [-0.39, 0.29) is 10.8 Å². The van der Waals surface area contributed by atoms with E-state index in [2.05, 4.69) is 20.1 Å². The Hall–Kier alpha value is -1.71. The van der Waals surface area contributed by atoms with E-state index in [4.69, 9.17) is 0 Å². The van der Waals surface area contributed by atoms with Crippen molar-refractivity contribution < 1.29 is 13.2 Å². The smallest absolute Gasteiger partial charge is 0.244 e. The van der Waals surface area contributed by atoms with Gasteiger partial charge in [0.1, 0.15) is 10.7 Å². The third-order valence-electron chi connectivity index (χ3n) is 5.68. The maximum Gasteiger partial charge on any atom is 0.244 e. The number of aromatic nitrogens is 1. The highest BCUT2D eigenvalue weighted by molar-refractivity contribution is 7.89. The molecule has 0 unspecified atom stereocenters. The molecule has 0 radical (unpaired) electrons. The van der Waals surface area contributed by atoms with Gasteiger partial charge >= 0.3 is 0 Å². The number of carbonyl (C=O) groups excluding carboxylic acids is 1. The summed E-state index contributed by atoms with van der Waals surface area (Å²) in [6, 6.07) is 3.87. The summed E-state index contributed by atoms with van der Waals surface area (Å²) < 4.78 is 27.0. The predicted octanol–water partition coefficient (Wildman–Crippen LogP) is 0.657. The number of nitrogens with one attached hydrogen (secondary N) is 1. The average molecular weight is 408 g/mol. The second-order valence-corrected chi connectivity index (χ2v) is 9.86. The van der Waals surface area contributed by atoms with Crippen molar-refractivity contribution in [3.8, 4) is 0 Å². The van der Waals surface area contributed by atoms with Crippen molar-refractivity contribution in [3.63, 3.8) is 0 Å². The highest BCUT2D eigenvalue weighted by atomic mass is 32.2. The number of carbonyl (C=O) groups is 1. The maximum absolute atomic E-state index is 12.7. The number of nitrogens with zero attached hydrogens (tertiary/aromatic N) is 4. The van der Waals surface area contributed by atoms with Crippen LogP contribution >= 0.6 is 0 Å². The van der Waals surface area contributed by atoms with Crippen molar-refractivity contribution in [3.05, 3.63) is 18.3 Å². The summed E-state index contributed by atoms with van der Waals surface area (Å²) in [5.74, 6) is 0.904. The summed E-state index contributed by atoms with van der Waals surface area (Å²) in [7, 11) is -3.44. The molecule has 1 aromatic heterocycles. The van der Waals surface area contributed by atoms with Crippen LogP contribution in [0.3, 0.4) is 0 Å². The molecule has 1 amide bonds. The van der Waals surface area contributed by atoms with Crippen LogP contribution in [0.15, 0.2) is 23.2 Å². The molecule has 4 rings (SSSR count). The van der Waals surface area contributed by atoms with Crippen LogP contribution in [0.25, 0.3) is 0 Å². The molecular formula is C19H29N5O3S. The van der Waals surface area contributed by atoms with E-state index in [1.165, 1.54) is 6.20 Å². The number of amides is 1. The molecule has 9 heteroatoms. The molecule has 1 N–H and O–H groups in total. The van der Waals surface area contributed by atoms with Crippen molar-refractivity contribution in [2.75, 3.05) is 50.7 Å². The van der Waals surface area contributed by atoms with E-state index in [0.29, 0.717) is 25.7 Å². The lowest BCUT2D eigenvalue weighted by atomic mass is 10.2. The topological polar surface area (TPSA) is 85.9 Å². The highest BCUT2D eigenvalue weighted by Gasteiger charge is 2.27. The normalized spacial score (nSPS) is 22.2. The number of anilines is 1. The second-order valence-electron chi connectivity index (χ2n) is 7.92. The first kappa shape index (κ1) is 19.6. The van der Waals surface area contributed by atoms with Gasteiger partial charge in [-0.05, 0) is 37.8 Å². The van der Waals surface area contributed by atoms with Crippen LogP contribution in [0.5, 0.6) is 0 Å². The first-order valence-electron chi connectivity index (χ1n) is 10.3. The van der Waals surface area contributed by atoms with Crippen molar-refractivity contribution >= 4 is 21.7 Å². The standard InChI is InChI=1S/C19H29N5O3S/c25-19(21-16-4-5-16)15-22-10-12-23(13-11-22)18-7-6-17(14-20-18)28(26,27)24-8-2-1-3-9-24/h6-7,14,16H,1-5,8-13,15H2,(H,21,25). The Bertz CT molecular complexity index is 780. The number of pyridine rings is 1. The van der Waals surface area contributed by atoms with Crippen LogP contribution in [0, 0.1) is 0 Å². The molecule has 2 saturated heterocycles. The zero-order chi connectivity index (χ0) is 19.6. The van der Waals surface area contributed by atoms with E-state index < -0.39 is 10.0 Å². The number of piperazine rings is 1. The fourth-order valence-corrected chi connectivity index (χ4v) is 5.27. The van der Waals surface area contributed by atoms with Crippen molar-refractivity contribution in [1.82, 2.24) is 19.5 Å². The molecule has 1 aromatic rings. The first-order chi connectivity index (χ1) is 13.5. The molecular weight excluding hydrogens is 378 g/mol. The fourth-order valence-electron chi connectivity index (χ4n) is 3.81. The quantitative estimate of drug-likeness (QED) is 0.746. The van der Waals surface area contributed by atoms with Gasteiger partial charge in [-0.15, -0.1) is 0 Å². The minimum Gasteiger partial charge on any atom is -0.354 e. The Labute approximate surface area is 166 Å². The number of rotatable bonds is 6. The molecule has 1 saturated carbocycles. The maximum atomic E-state index is 12.7. The molecule has 3 heterocycles. The number of hydrogen-bond donors (Lipinski definition) is 1. The van der Waals surface area contributed by atoms with Crippen LogP contribution in [-0.2, 0) is 14.8 Å². The summed E-state index contributed by atoms with van der Waals surface area (Å²) in [4.78, 5) is 20.9. The van der Waals surface area contributed by atoms with Gasteiger partial charge in [0.05, 0.1) is 6.54 Å². The van der Waals surface area contributed by atoms with Gasteiger partial charge in [-0.25, -0.2) is 13.4 Å². The van der Waals surface area contributed by atoms with Gasteiger partial charge in [-0.3, -0.25) is 9.69 Å². The molecule has 0 atom stereocenters. The van der Waals surface area contributed by atoms with Crippen LogP contribution in [-0.4, -0.2) is 80.4 Å². The van der Waals surface area contributed by atoms with Gasteiger partial charge in [0.2, 0.25) is 15.9 Å². The number of sulfonamides is 1. The Balaban J connectivity index is 1.31. The molecule has 154 valence electrons. The Morgan fingerprint density at radius 3 is 2.36 bits per heavy atom. The lowest BCUT2D eigenvalue weighted by molar-refractivity contribution is -0.122. The van der Waals surface area contributed by atoms with Gasteiger partial charge in [-0.1, -0.05) is 6.42 Å². The molecule has 0 spiro atoms. The molecule has 0 bridgehead atoms. The molecule has 2 aliphatic heterocycles. The molecule has 28 heavy (non-hydrogen) atoms. The second kappa shape index (κ2) is 8.34. The summed E-state index contributed by atoms with van der Waals surface area (Å²) in [5.41, 5.74) is 0. The van der Waals surface area contributed by atoms with E-state index in [0.717, 1.165) is 64.1 Å². The van der Waals surface area contributed by atoms with Crippen molar-refractivity contribution in [2.45, 2.75) is 43.0 Å². The van der Waals surface area contributed by atoms with Crippen LogP contribution < -0.4 is 10.2 Å². The number of piperidine rings is 1. The third-order valence-corrected chi connectivity index (χ3v) is 7.56. The van der Waals surface area contributed by atoms with Gasteiger partial charge in [0.25, 0.3) is 0 Å². The van der Waals surface area contributed by atoms with Crippen LogP contribution in [0.2, 0.25) is 0 Å². The van der Waals surface area contributed by atoms with Crippen molar-refractivity contribution in [2.24, 2.45) is 0 Å². The van der Waals surface area contributed by atoms with Crippen LogP contribution in [0.4, 0.5) is 5.82 Å². The summed E-state index contributed by atoms with van der Waals surface area (Å²) in [5, 5.41) is 3.02. The van der Waals surface area contributed by atoms with Gasteiger partial charge in [0, 0.05) is 51.5 Å². The zero-order valence-corrected chi connectivity index (χ0v) is 17.0. The average Bonchev–Trinajstić information content (AvgIpc) is 3.53. The SMILES string of the molecule is O=C(CN1CCN(c2ccc(S(=O)(=O)N3CCCCC3)cn2)CC1)NC1CC1. The van der Waals surface area contributed by atoms with E-state index in [9.17, 15) is 13.2 Å². The van der Waals surface area contributed by atoms with E-state index in [1.54, 1.807) is 16.4 Å². The zero-order valence-electron chi connectivity index (χ0n) is 16.2. The fraction of sp³-hybridized carbons (Fsp3) is 0.684. The monoisotopic (exact) mass is 407 g/mol. The Kier molecular flexibility index (Phi) is 5.84. The number of hydrogen-bond acceptors (Lipinski definition) is 6. The van der Waals surface area contributed by atoms with Crippen LogP contribution in [0.1, 0.15) is 32.1 Å². The largest absolute Gasteiger partial charge is 0.354 e. The minimum atomic E-state index is -3.44. The lowest BCUT2D eigenvalue weighted by Crippen LogP contribution is -2.50. The molecule has 8 nitrogen and oxygen atoms in total. The minimum absolute atomic E-state index is 0.112. The summed E-state index contributed by atoms with van der Waals surface area (Å²) in [6.07, 6.45) is 6.64. The summed E-state index contributed by atoms with van der Waals surface area (Å²) >= 11 is 0. The Morgan fingerprint density at radius 2 is 1.75 bits per heavy atom. The van der Waals surface area contributed by atoms with Gasteiger partial charge < -0.3 is 10.2 Å². The van der Waals surface area contributed by atoms with Gasteiger partial charge in [0.15, 0.2) is 0 Å². The lowest BCUT2D eigenvalue weighted by Gasteiger charge is -2.35. The predicted molar refractivity (Wildman–Crippen MR) is 107 cm³/mol. The third kappa shape index (κ3) is 4.64. The van der Waals surface area contributed by atoms with Gasteiger partial charge in [-0.2, -0.15) is 4.31 Å². The molecule has 3 fully saturated rings. The highest BCUT2D eigenvalue weighted by Crippen LogP contribution is 2.22. The molecule has 0 aromatic carbocycles. The summed E-state index contributed by atoms with van der Waals surface area (Å²) in [6.45, 7) is 4.80. The Morgan fingerprint density at radius 1 is 1.04 bits per heavy atom. The first-order valence-corrected chi connectivity index (χ1v) is 11.7. The van der Waals surface area contributed by atoms with E-state index in [1.807, 2.05) is 0 Å². The van der Waals surface area contributed by atoms with Crippen molar-refractivity contribution in [1.29, 1.82) is 0 Å². The van der Waals surface area contributed by atoms with E-state index >= 15 is 0 Å².